The van der Waals surface area contributed by atoms with Crippen molar-refractivity contribution in [2.45, 2.75) is 24.9 Å². The molecule has 3 rings (SSSR count). The molecule has 3 heterocycles. The van der Waals surface area contributed by atoms with Crippen LogP contribution < -0.4 is 5.73 Å². The average Bonchev–Trinajstić information content (AvgIpc) is 2.90. The van der Waals surface area contributed by atoms with Gasteiger partial charge in [0, 0.05) is 6.42 Å². The van der Waals surface area contributed by atoms with Crippen molar-refractivity contribution >= 4 is 28.6 Å². The van der Waals surface area contributed by atoms with E-state index in [1.54, 1.807) is 0 Å². The van der Waals surface area contributed by atoms with Crippen LogP contribution in [0, 0.1) is 0 Å². The highest BCUT2D eigenvalue weighted by molar-refractivity contribution is 6.29. The number of ether oxygens (including phenoxy) is 1. The van der Waals surface area contributed by atoms with Crippen molar-refractivity contribution in [3.63, 3.8) is 0 Å². The van der Waals surface area contributed by atoms with Crippen molar-refractivity contribution in [2.24, 2.45) is 0 Å². The standard InChI is InChI=1S/C10H12ClN5O3/c11-10-15-6-7(12)13-3-14-8(6)16(10)9-5(18)1-4(2-17)19-9/h3-5,9,17-18H,1-2H2,(H2,12,13,14). The van der Waals surface area contributed by atoms with E-state index in [9.17, 15) is 5.11 Å². The van der Waals surface area contributed by atoms with E-state index >= 15 is 0 Å². The van der Waals surface area contributed by atoms with Gasteiger partial charge in [-0.05, 0) is 11.6 Å². The Labute approximate surface area is 112 Å². The Morgan fingerprint density at radius 3 is 3.00 bits per heavy atom. The molecule has 0 saturated carbocycles. The first-order valence-corrected chi connectivity index (χ1v) is 6.08. The molecular formula is C10H12ClN5O3. The monoisotopic (exact) mass is 285 g/mol. The fraction of sp³-hybridized carbons (Fsp3) is 0.500. The van der Waals surface area contributed by atoms with Gasteiger partial charge in [-0.1, -0.05) is 0 Å². The lowest BCUT2D eigenvalue weighted by atomic mass is 10.2. The van der Waals surface area contributed by atoms with Crippen LogP contribution in [-0.2, 0) is 4.74 Å². The predicted molar refractivity (Wildman–Crippen MR) is 66.4 cm³/mol. The largest absolute Gasteiger partial charge is 0.394 e. The van der Waals surface area contributed by atoms with Gasteiger partial charge in [-0.15, -0.1) is 0 Å². The van der Waals surface area contributed by atoms with E-state index in [-0.39, 0.29) is 17.7 Å². The maximum atomic E-state index is 10.00. The summed E-state index contributed by atoms with van der Waals surface area (Å²) in [6.45, 7) is -0.172. The predicted octanol–water partition coefficient (Wildman–Crippen LogP) is -0.297. The number of imidazole rings is 1. The van der Waals surface area contributed by atoms with E-state index in [0.29, 0.717) is 17.6 Å². The summed E-state index contributed by atoms with van der Waals surface area (Å²) in [7, 11) is 0. The van der Waals surface area contributed by atoms with Gasteiger partial charge < -0.3 is 20.7 Å². The fourth-order valence-corrected chi connectivity index (χ4v) is 2.47. The summed E-state index contributed by atoms with van der Waals surface area (Å²) in [5.41, 5.74) is 6.44. The lowest BCUT2D eigenvalue weighted by molar-refractivity contribution is -0.0485. The molecule has 3 atom stereocenters. The van der Waals surface area contributed by atoms with Crippen molar-refractivity contribution in [2.75, 3.05) is 12.3 Å². The van der Waals surface area contributed by atoms with Crippen LogP contribution in [-0.4, -0.2) is 48.5 Å². The number of rotatable bonds is 2. The van der Waals surface area contributed by atoms with Crippen LogP contribution in [0.25, 0.3) is 11.2 Å². The molecular weight excluding hydrogens is 274 g/mol. The third-order valence-corrected chi connectivity index (χ3v) is 3.35. The Hall–Kier alpha value is -1.48. The minimum atomic E-state index is -0.803. The summed E-state index contributed by atoms with van der Waals surface area (Å²) in [4.78, 5) is 12.0. The van der Waals surface area contributed by atoms with Gasteiger partial charge in [0.2, 0.25) is 5.28 Å². The quantitative estimate of drug-likeness (QED) is 0.648. The van der Waals surface area contributed by atoms with Gasteiger partial charge in [0.15, 0.2) is 23.2 Å². The Balaban J connectivity index is 2.10. The summed E-state index contributed by atoms with van der Waals surface area (Å²) in [6.07, 6.45) is -0.380. The highest BCUT2D eigenvalue weighted by atomic mass is 35.5. The van der Waals surface area contributed by atoms with Crippen LogP contribution in [0.3, 0.4) is 0 Å². The molecule has 1 fully saturated rings. The lowest BCUT2D eigenvalue weighted by Crippen LogP contribution is -2.20. The van der Waals surface area contributed by atoms with Crippen molar-refractivity contribution in [1.82, 2.24) is 19.5 Å². The normalized spacial score (nSPS) is 27.2. The molecule has 8 nitrogen and oxygen atoms in total. The Bertz CT molecular complexity index is 618. The highest BCUT2D eigenvalue weighted by Gasteiger charge is 2.37. The number of aliphatic hydroxyl groups is 2. The van der Waals surface area contributed by atoms with Gasteiger partial charge in [0.25, 0.3) is 0 Å². The topological polar surface area (TPSA) is 119 Å². The molecule has 0 aliphatic carbocycles. The first-order valence-electron chi connectivity index (χ1n) is 5.70. The lowest BCUT2D eigenvalue weighted by Gasteiger charge is -2.17. The Morgan fingerprint density at radius 1 is 1.53 bits per heavy atom. The fourth-order valence-electron chi connectivity index (χ4n) is 2.20. The van der Waals surface area contributed by atoms with E-state index in [1.165, 1.54) is 10.9 Å². The molecule has 0 radical (unpaired) electrons. The summed E-state index contributed by atoms with van der Waals surface area (Å²) in [5, 5.41) is 19.2. The molecule has 9 heteroatoms. The van der Waals surface area contributed by atoms with Crippen molar-refractivity contribution in [3.8, 4) is 0 Å². The molecule has 2 aromatic rings. The molecule has 0 amide bonds. The first kappa shape index (κ1) is 12.5. The minimum Gasteiger partial charge on any atom is -0.394 e. The molecule has 1 aliphatic rings. The number of hydrogen-bond donors (Lipinski definition) is 3. The minimum absolute atomic E-state index is 0.102. The summed E-state index contributed by atoms with van der Waals surface area (Å²) < 4.78 is 6.99. The number of halogens is 1. The molecule has 0 spiro atoms. The van der Waals surface area contributed by atoms with E-state index < -0.39 is 18.4 Å². The number of nitrogen functional groups attached to an aromatic ring is 1. The zero-order chi connectivity index (χ0) is 13.6. The number of anilines is 1. The molecule has 1 aliphatic heterocycles. The van der Waals surface area contributed by atoms with E-state index in [0.717, 1.165) is 0 Å². The van der Waals surface area contributed by atoms with Crippen molar-refractivity contribution in [3.05, 3.63) is 11.6 Å². The summed E-state index contributed by atoms with van der Waals surface area (Å²) in [6, 6.07) is 0. The molecule has 3 unspecified atom stereocenters. The zero-order valence-corrected chi connectivity index (χ0v) is 10.5. The van der Waals surface area contributed by atoms with Crippen LogP contribution in [0.2, 0.25) is 5.28 Å². The van der Waals surface area contributed by atoms with Gasteiger partial charge in [0.1, 0.15) is 12.4 Å². The number of aromatic nitrogens is 4. The average molecular weight is 286 g/mol. The van der Waals surface area contributed by atoms with Gasteiger partial charge in [-0.25, -0.2) is 15.0 Å². The second-order valence-electron chi connectivity index (χ2n) is 4.32. The van der Waals surface area contributed by atoms with Gasteiger partial charge in [0.05, 0.1) is 12.7 Å². The van der Waals surface area contributed by atoms with E-state index in [1.807, 2.05) is 0 Å². The van der Waals surface area contributed by atoms with Gasteiger partial charge >= 0.3 is 0 Å². The zero-order valence-electron chi connectivity index (χ0n) is 9.77. The van der Waals surface area contributed by atoms with Crippen LogP contribution in [0.1, 0.15) is 12.6 Å². The van der Waals surface area contributed by atoms with E-state index in [4.69, 9.17) is 27.2 Å². The van der Waals surface area contributed by atoms with Crippen molar-refractivity contribution < 1.29 is 14.9 Å². The Kier molecular flexibility index (Phi) is 3.02. The third kappa shape index (κ3) is 1.93. The second kappa shape index (κ2) is 4.57. The molecule has 102 valence electrons. The number of fused-ring (bicyclic) bond motifs is 1. The maximum Gasteiger partial charge on any atom is 0.207 e. The number of nitrogens with two attached hydrogens (primary N) is 1. The van der Waals surface area contributed by atoms with Gasteiger partial charge in [-0.3, -0.25) is 4.57 Å². The molecule has 0 aromatic carbocycles. The molecule has 1 saturated heterocycles. The number of hydrogen-bond acceptors (Lipinski definition) is 7. The second-order valence-corrected chi connectivity index (χ2v) is 4.65. The number of nitrogens with zero attached hydrogens (tertiary/aromatic N) is 4. The molecule has 0 bridgehead atoms. The first-order chi connectivity index (χ1) is 9.11. The van der Waals surface area contributed by atoms with Crippen LogP contribution >= 0.6 is 11.6 Å². The molecule has 2 aromatic heterocycles. The summed E-state index contributed by atoms with van der Waals surface area (Å²) in [5.74, 6) is 0.205. The molecule has 19 heavy (non-hydrogen) atoms. The summed E-state index contributed by atoms with van der Waals surface area (Å²) >= 11 is 6.05. The molecule has 4 N–H and O–H groups in total. The van der Waals surface area contributed by atoms with E-state index in [2.05, 4.69) is 15.0 Å². The highest BCUT2D eigenvalue weighted by Crippen LogP contribution is 2.34. The third-order valence-electron chi connectivity index (χ3n) is 3.09. The Morgan fingerprint density at radius 2 is 2.32 bits per heavy atom. The SMILES string of the molecule is Nc1ncnc2c1nc(Cl)n2C1OC(CO)CC1O. The van der Waals surface area contributed by atoms with Crippen LogP contribution in [0.15, 0.2) is 6.33 Å². The van der Waals surface area contributed by atoms with Gasteiger partial charge in [-0.2, -0.15) is 0 Å². The van der Waals surface area contributed by atoms with Crippen LogP contribution in [0.5, 0.6) is 0 Å². The smallest absolute Gasteiger partial charge is 0.207 e. The van der Waals surface area contributed by atoms with Crippen LogP contribution in [0.4, 0.5) is 5.82 Å². The number of aliphatic hydroxyl groups excluding tert-OH is 2. The van der Waals surface area contributed by atoms with Crippen molar-refractivity contribution in [1.29, 1.82) is 0 Å². The maximum absolute atomic E-state index is 10.00.